The Kier molecular flexibility index (Phi) is 14.2. The predicted molar refractivity (Wildman–Crippen MR) is 249 cm³/mol. The fourth-order valence-corrected chi connectivity index (χ4v) is 10.1. The van der Waals surface area contributed by atoms with Crippen molar-refractivity contribution in [1.82, 2.24) is 45.0 Å². The Morgan fingerprint density at radius 2 is 1.91 bits per heavy atom. The summed E-state index contributed by atoms with van der Waals surface area (Å²) in [5, 5.41) is 8.07. The number of hydrogen-bond donors (Lipinski definition) is 2. The number of urea groups is 1. The molecule has 0 unspecified atom stereocenters. The number of esters is 1. The molecular weight excluding hydrogens is 847 g/mol. The molecule has 0 aliphatic carbocycles. The van der Waals surface area contributed by atoms with Gasteiger partial charge in [-0.15, -0.1) is 11.3 Å². The number of nitrogens with zero attached hydrogens (tertiary/aromatic N) is 7. The summed E-state index contributed by atoms with van der Waals surface area (Å²) in [5.74, 6) is -1.92. The second-order valence-corrected chi connectivity index (χ2v) is 19.5. The number of hydrazine groups is 1. The number of nitrogens with one attached hydrogen (secondary N) is 2. The zero-order valence-corrected chi connectivity index (χ0v) is 39.9. The van der Waals surface area contributed by atoms with E-state index in [0.29, 0.717) is 50.4 Å². The Morgan fingerprint density at radius 1 is 1.15 bits per heavy atom. The molecule has 2 fully saturated rings. The van der Waals surface area contributed by atoms with Crippen molar-refractivity contribution in [3.05, 3.63) is 70.8 Å². The number of aryl methyl sites for hydroxylation is 1. The molecule has 4 aromatic rings. The molecule has 2 N–H and O–H groups in total. The fraction of sp³-hybridized carbons (Fsp3) is 0.521. The first-order chi connectivity index (χ1) is 31.0. The molecule has 0 radical (unpaired) electrons. The number of benzene rings is 1. The van der Waals surface area contributed by atoms with Gasteiger partial charge in [-0.3, -0.25) is 29.2 Å². The van der Waals surface area contributed by atoms with Crippen LogP contribution in [0.25, 0.3) is 33.4 Å². The van der Waals surface area contributed by atoms with Gasteiger partial charge in [-0.05, 0) is 74.9 Å². The zero-order valence-electron chi connectivity index (χ0n) is 39.1. The highest BCUT2D eigenvalue weighted by atomic mass is 32.1. The van der Waals surface area contributed by atoms with Gasteiger partial charge in [-0.1, -0.05) is 40.3 Å². The summed E-state index contributed by atoms with van der Waals surface area (Å²) in [7, 11) is 4.92. The number of carbonyl (C=O) groups excluding carboxylic acids is 5. The van der Waals surface area contributed by atoms with Crippen molar-refractivity contribution >= 4 is 52.0 Å². The summed E-state index contributed by atoms with van der Waals surface area (Å²) in [5.41, 5.74) is 9.23. The van der Waals surface area contributed by atoms with Gasteiger partial charge in [0.15, 0.2) is 0 Å². The number of fused-ring (bicyclic) bond motifs is 6. The number of hydrogen-bond acceptors (Lipinski definition) is 11. The van der Waals surface area contributed by atoms with E-state index in [2.05, 4.69) is 66.9 Å². The minimum Gasteiger partial charge on any atom is -0.464 e. The summed E-state index contributed by atoms with van der Waals surface area (Å²) in [6.07, 6.45) is 4.42. The molecule has 17 heteroatoms. The molecule has 1 aromatic carbocycles. The van der Waals surface area contributed by atoms with Crippen LogP contribution in [0.1, 0.15) is 76.8 Å². The van der Waals surface area contributed by atoms with Crippen LogP contribution in [0.4, 0.5) is 4.79 Å². The van der Waals surface area contributed by atoms with Crippen molar-refractivity contribution < 1.29 is 33.4 Å². The van der Waals surface area contributed by atoms with E-state index < -0.39 is 41.3 Å². The number of ether oxygens (including phenoxy) is 2. The van der Waals surface area contributed by atoms with Crippen LogP contribution in [-0.4, -0.2) is 136 Å². The van der Waals surface area contributed by atoms with Crippen LogP contribution in [0.15, 0.2) is 54.6 Å². The lowest BCUT2D eigenvalue weighted by Gasteiger charge is -2.45. The van der Waals surface area contributed by atoms with E-state index in [1.165, 1.54) is 27.3 Å². The third kappa shape index (κ3) is 9.68. The van der Waals surface area contributed by atoms with Crippen molar-refractivity contribution in [3.63, 3.8) is 0 Å². The summed E-state index contributed by atoms with van der Waals surface area (Å²) in [4.78, 5) is 83.2. The zero-order chi connectivity index (χ0) is 46.9. The average molecular weight is 910 g/mol. The molecule has 2 saturated heterocycles. The first-order valence-corrected chi connectivity index (χ1v) is 23.4. The van der Waals surface area contributed by atoms with Crippen molar-refractivity contribution in [3.8, 4) is 22.5 Å². The fourth-order valence-electron chi connectivity index (χ4n) is 9.28. The minimum atomic E-state index is -1.09. The predicted octanol–water partition coefficient (Wildman–Crippen LogP) is 5.61. The smallest absolute Gasteiger partial charge is 0.324 e. The molecule has 16 nitrogen and oxygen atoms in total. The summed E-state index contributed by atoms with van der Waals surface area (Å²) >= 11 is 1.40. The lowest BCUT2D eigenvalue weighted by molar-refractivity contribution is -0.155. The number of rotatable bonds is 10. The standard InChI is InChI=1S/C48H63N9O7S/c1-11-40(58)55-24-31(25-55)53(8)47(62)54(9)42(28(3)4)44(59)51-36-22-39-50-37(26-65-39)30-17-18-38-33(21-30)34(43(56(38)12-2)32-15-13-19-49-41(32)29(5)63-10)23-48(6,7)27-64-46(61)35-16-14-20-57(52-35)45(36)60/h11,13,15,17-19,21,26,28-29,31,35-36,42,52H,1,12,14,16,20,22-25,27H2,2-10H3,(H,51,59)/t29-,35-,36-,42-/m0/s1. The van der Waals surface area contributed by atoms with Gasteiger partial charge in [-0.25, -0.2) is 15.2 Å². The molecule has 3 aliphatic rings. The molecule has 0 saturated carbocycles. The minimum absolute atomic E-state index is 0.0691. The molecular formula is C48H63N9O7S. The summed E-state index contributed by atoms with van der Waals surface area (Å²) < 4.78 is 14.2. The average Bonchev–Trinajstić information content (AvgIpc) is 3.87. The Bertz CT molecular complexity index is 2460. The molecule has 6 bridgehead atoms. The first-order valence-electron chi connectivity index (χ1n) is 22.5. The normalized spacial score (nSPS) is 20.1. The number of likely N-dealkylation sites (tertiary alicyclic amines) is 1. The Morgan fingerprint density at radius 3 is 2.60 bits per heavy atom. The molecule has 0 spiro atoms. The van der Waals surface area contributed by atoms with Crippen LogP contribution in [-0.2, 0) is 48.0 Å². The highest BCUT2D eigenvalue weighted by molar-refractivity contribution is 7.10. The van der Waals surface area contributed by atoms with Crippen molar-refractivity contribution in [2.75, 3.05) is 47.4 Å². The molecule has 4 atom stereocenters. The van der Waals surface area contributed by atoms with Crippen LogP contribution >= 0.6 is 11.3 Å². The number of aromatic nitrogens is 3. The number of methoxy groups -OCH3 is 1. The van der Waals surface area contributed by atoms with Crippen molar-refractivity contribution in [1.29, 1.82) is 0 Å². The van der Waals surface area contributed by atoms with Gasteiger partial charge in [0.2, 0.25) is 11.8 Å². The van der Waals surface area contributed by atoms with E-state index in [-0.39, 0.29) is 43.0 Å². The van der Waals surface area contributed by atoms with Gasteiger partial charge in [-0.2, -0.15) is 0 Å². The lowest BCUT2D eigenvalue weighted by atomic mass is 9.84. The van der Waals surface area contributed by atoms with Crippen LogP contribution < -0.4 is 10.7 Å². The van der Waals surface area contributed by atoms with Gasteiger partial charge in [0.05, 0.1) is 40.8 Å². The van der Waals surface area contributed by atoms with Crippen LogP contribution in [0.5, 0.6) is 0 Å². The number of amides is 5. The highest BCUT2D eigenvalue weighted by Gasteiger charge is 2.41. The molecule has 5 amide bonds. The van der Waals surface area contributed by atoms with Crippen LogP contribution in [0.2, 0.25) is 0 Å². The maximum atomic E-state index is 14.6. The number of carbonyl (C=O) groups is 5. The molecule has 65 heavy (non-hydrogen) atoms. The second-order valence-electron chi connectivity index (χ2n) is 18.6. The van der Waals surface area contributed by atoms with Gasteiger partial charge in [0.1, 0.15) is 18.1 Å². The maximum absolute atomic E-state index is 14.6. The number of thiazole rings is 1. The number of cyclic esters (lactones) is 1. The van der Waals surface area contributed by atoms with Gasteiger partial charge in [0.25, 0.3) is 5.91 Å². The quantitative estimate of drug-likeness (QED) is 0.151. The van der Waals surface area contributed by atoms with E-state index in [4.69, 9.17) is 19.4 Å². The summed E-state index contributed by atoms with van der Waals surface area (Å²) in [6.45, 7) is 17.4. The third-order valence-electron chi connectivity index (χ3n) is 13.0. The topological polar surface area (TPSA) is 172 Å². The number of likely N-dealkylation sites (N-methyl/N-ethyl adjacent to an activating group) is 2. The van der Waals surface area contributed by atoms with E-state index in [9.17, 15) is 24.0 Å². The van der Waals surface area contributed by atoms with E-state index >= 15 is 0 Å². The molecule has 6 heterocycles. The SMILES string of the molecule is C=CC(=O)N1CC(N(C)C(=O)N(C)[C@H](C(=O)N[C@H]2Cc3nc(cs3)-c3ccc4c(c3)c(c(-c3cccnc3[C@H](C)OC)n4CC)CC(C)(C)COC(=O)[C@@H]3CCCN(N3)C2=O)C(C)C)C1. The van der Waals surface area contributed by atoms with E-state index in [0.717, 1.165) is 44.7 Å². The Hall–Kier alpha value is -5.65. The second kappa shape index (κ2) is 19.4. The Labute approximate surface area is 385 Å². The highest BCUT2D eigenvalue weighted by Crippen LogP contribution is 2.42. The third-order valence-corrected chi connectivity index (χ3v) is 13.8. The molecule has 7 rings (SSSR count). The maximum Gasteiger partial charge on any atom is 0.324 e. The largest absolute Gasteiger partial charge is 0.464 e. The van der Waals surface area contributed by atoms with Gasteiger partial charge < -0.3 is 34.1 Å². The Balaban J connectivity index is 1.25. The molecule has 348 valence electrons. The molecule has 3 aliphatic heterocycles. The van der Waals surface area contributed by atoms with Crippen molar-refractivity contribution in [2.24, 2.45) is 11.3 Å². The van der Waals surface area contributed by atoms with E-state index in [1.807, 2.05) is 32.2 Å². The van der Waals surface area contributed by atoms with Gasteiger partial charge >= 0.3 is 12.0 Å². The van der Waals surface area contributed by atoms with Crippen LogP contribution in [0.3, 0.4) is 0 Å². The van der Waals surface area contributed by atoms with Crippen LogP contribution in [0, 0.1) is 11.3 Å². The number of pyridine rings is 1. The molecule has 3 aromatic heterocycles. The first kappa shape index (κ1) is 47.3. The van der Waals surface area contributed by atoms with E-state index in [1.54, 1.807) is 37.2 Å². The monoisotopic (exact) mass is 909 g/mol. The lowest BCUT2D eigenvalue weighted by Crippen LogP contribution is -2.65. The summed E-state index contributed by atoms with van der Waals surface area (Å²) in [6, 6.07) is 6.97. The van der Waals surface area contributed by atoms with Crippen molar-refractivity contribution in [2.45, 2.75) is 104 Å². The van der Waals surface area contributed by atoms with Gasteiger partial charge in [0, 0.05) is 92.8 Å².